The molecular formula is C107H120BrF3N14O17. The third-order valence-corrected chi connectivity index (χ3v) is 20.5. The molecule has 15 N–H and O–H groups in total. The van der Waals surface area contributed by atoms with Crippen LogP contribution in [0, 0.1) is 0 Å². The van der Waals surface area contributed by atoms with Crippen LogP contribution in [0.1, 0.15) is 158 Å². The molecule has 2 amide bonds. The number of aldehydes is 1. The summed E-state index contributed by atoms with van der Waals surface area (Å²) in [7, 11) is 1.24. The molecule has 0 bridgehead atoms. The lowest BCUT2D eigenvalue weighted by molar-refractivity contribution is -0.158. The van der Waals surface area contributed by atoms with Gasteiger partial charge in [0.1, 0.15) is 51.6 Å². The van der Waals surface area contributed by atoms with Crippen molar-refractivity contribution in [2.24, 2.45) is 43.6 Å². The molecule has 8 aromatic carbocycles. The van der Waals surface area contributed by atoms with E-state index in [1.807, 2.05) is 251 Å². The first-order chi connectivity index (χ1) is 67.5. The number of carboxylic acid groups (broad SMARTS) is 2. The Hall–Kier alpha value is -16.0. The molecule has 12 rings (SSSR count). The molecule has 0 fully saturated rings. The van der Waals surface area contributed by atoms with Gasteiger partial charge in [-0.05, 0) is 187 Å². The summed E-state index contributed by atoms with van der Waals surface area (Å²) in [6.07, 6.45) is -3.16. The average Bonchev–Trinajstić information content (AvgIpc) is 0.794. The number of hydrogen-bond acceptors (Lipinski definition) is 19. The molecule has 4 heterocycles. The van der Waals surface area contributed by atoms with Gasteiger partial charge in [0.25, 0.3) is 34.1 Å². The first-order valence-electron chi connectivity index (χ1n) is 44.9. The number of H-pyrrole nitrogens is 1. The SMILES string of the molecule is BrCc1ccccc1.CC(N)=NCCC[C@H](N)C(=O)OC(C)(C)C.CC(N)=NCCC[C@H](NC(=O)c1ccc(-c2ccccc2)n(Cc2ccccc2)c1=O)C(=O)OC(C)(C)C.COC(=O)c1ccc(-c2ccccc2)[nH]c1=O.NC(N)=NCCC[C@H](NC(=O)c1ccc(-c2ccccc2)n(Cc2ccccc2)c1=O)C(=O)O.O=C(O)c1ccc(-c2ccccc2)n(Cc2ccccc2)c1=O.O=CC(F)(F)F. The lowest BCUT2D eigenvalue weighted by Crippen LogP contribution is -2.46. The van der Waals surface area contributed by atoms with Gasteiger partial charge in [-0.3, -0.25) is 53.3 Å². The predicted octanol–water partition coefficient (Wildman–Crippen LogP) is 15.2. The van der Waals surface area contributed by atoms with Gasteiger partial charge in [-0.1, -0.05) is 259 Å². The molecule has 3 atom stereocenters. The highest BCUT2D eigenvalue weighted by molar-refractivity contribution is 9.08. The largest absolute Gasteiger partial charge is 0.480 e. The molecule has 142 heavy (non-hydrogen) atoms. The number of halogens is 4. The Morgan fingerprint density at radius 2 is 0.739 bits per heavy atom. The van der Waals surface area contributed by atoms with E-state index in [1.54, 1.807) is 63.5 Å². The Morgan fingerprint density at radius 3 is 1.06 bits per heavy atom. The van der Waals surface area contributed by atoms with Crippen molar-refractivity contribution in [1.29, 1.82) is 0 Å². The molecule has 0 saturated carbocycles. The van der Waals surface area contributed by atoms with Crippen molar-refractivity contribution in [3.05, 3.63) is 377 Å². The maximum absolute atomic E-state index is 13.7. The van der Waals surface area contributed by atoms with Gasteiger partial charge in [-0.2, -0.15) is 13.2 Å². The summed E-state index contributed by atoms with van der Waals surface area (Å²) >= 11 is 3.36. The second kappa shape index (κ2) is 58.6. The van der Waals surface area contributed by atoms with E-state index < -0.39 is 99.7 Å². The van der Waals surface area contributed by atoms with Crippen LogP contribution in [-0.4, -0.2) is 157 Å². The summed E-state index contributed by atoms with van der Waals surface area (Å²) in [5.74, 6) is -4.46. The van der Waals surface area contributed by atoms with Gasteiger partial charge < -0.3 is 82.4 Å². The van der Waals surface area contributed by atoms with Gasteiger partial charge in [0, 0.05) is 30.7 Å². The third-order valence-electron chi connectivity index (χ3n) is 19.8. The summed E-state index contributed by atoms with van der Waals surface area (Å²) in [4.78, 5) is 159. The predicted molar refractivity (Wildman–Crippen MR) is 550 cm³/mol. The number of aromatic carboxylic acids is 1. The number of aliphatic imine (C=N–C) groups is 3. The van der Waals surface area contributed by atoms with E-state index in [0.29, 0.717) is 73.3 Å². The van der Waals surface area contributed by atoms with Gasteiger partial charge in [0.05, 0.1) is 55.5 Å². The van der Waals surface area contributed by atoms with Crippen LogP contribution < -0.4 is 61.5 Å². The number of nitrogens with one attached hydrogen (secondary N) is 3. The summed E-state index contributed by atoms with van der Waals surface area (Å²) in [6.45, 7) is 16.3. The average molecular weight is 2010 g/mol. The molecule has 0 aliphatic rings. The van der Waals surface area contributed by atoms with Gasteiger partial charge >= 0.3 is 36.0 Å². The molecule has 12 aromatic rings. The maximum Gasteiger partial charge on any atom is 0.446 e. The number of aliphatic carboxylic acids is 1. The minimum absolute atomic E-state index is 0.00665. The highest BCUT2D eigenvalue weighted by Gasteiger charge is 2.30. The van der Waals surface area contributed by atoms with E-state index in [0.717, 1.165) is 50.7 Å². The topological polar surface area (TPSA) is 495 Å². The summed E-state index contributed by atoms with van der Waals surface area (Å²) in [5.41, 5.74) is 33.9. The number of carbonyl (C=O) groups excluding carboxylic acids is 6. The number of hydrogen-bond donors (Lipinski definition) is 10. The number of nitrogens with zero attached hydrogens (tertiary/aromatic N) is 6. The number of benzene rings is 8. The van der Waals surface area contributed by atoms with Crippen molar-refractivity contribution >= 4 is 81.5 Å². The fourth-order valence-electron chi connectivity index (χ4n) is 13.2. The quantitative estimate of drug-likeness (QED) is 0.00356. The minimum Gasteiger partial charge on any atom is -0.480 e. The zero-order valence-corrected chi connectivity index (χ0v) is 81.9. The Kier molecular flexibility index (Phi) is 47.4. The number of aromatic nitrogens is 4. The highest BCUT2D eigenvalue weighted by atomic mass is 79.9. The van der Waals surface area contributed by atoms with Crippen molar-refractivity contribution < 1.29 is 76.0 Å². The molecular weight excluding hydrogens is 1890 g/mol. The summed E-state index contributed by atoms with van der Waals surface area (Å²) in [5, 5.41) is 24.8. The van der Waals surface area contributed by atoms with Crippen LogP contribution >= 0.6 is 15.9 Å². The number of guanidine groups is 1. The molecule has 0 aliphatic carbocycles. The lowest BCUT2D eigenvalue weighted by Gasteiger charge is -2.24. The standard InChI is InChI=1S/C30H36N4O4.C25H27N5O4.C19H15NO3.C13H11NO3.C11H23N3O2.C7H7Br.C2HF3O/c1-21(31)32-19-11-16-25(29(37)38-30(2,3)4)33-27(35)24-17-18-26(23-14-9-6-10-15-23)34(28(24)36)20-22-12-7-5-8-13-22;26-25(27)28-15-7-12-20(24(33)34)29-22(31)19-13-14-21(18-10-5-2-6-11-18)30(23(19)32)16-17-8-3-1-4-9-17;21-18-16(19(22)23)11-12-17(15-9-5-2-6-10-15)20(18)13-14-7-3-1-4-8-14;1-17-13(16)10-7-8-11(14-12(10)15)9-5-3-2-4-6-9;1-8(12)14-7-5-6-9(13)10(15)16-11(2,3)4;8-6-7-4-2-1-3-5-7;3-2(4,5)1-6/h5-10,12-15,17-18,25H,11,16,19-20H2,1-4H3,(H2,31,32)(H,33,35);1-6,8-11,13-14,20H,7,12,15-16H2,(H,29,31)(H,33,34)(H4,26,27,28);1-12H,13H2,(H,22,23);2-8H,1H3,(H,14,15);9H,5-7,13H2,1-4H3,(H2,12,14);1-5H,6H2;1H/t25-;20-;;;9-;;/m00..0../s1. The monoisotopic (exact) mass is 2010 g/mol. The number of amides is 2. The van der Waals surface area contributed by atoms with Gasteiger partial charge in [0.2, 0.25) is 6.29 Å². The molecule has 31 nitrogen and oxygen atoms in total. The maximum atomic E-state index is 13.7. The summed E-state index contributed by atoms with van der Waals surface area (Å²) in [6, 6.07) is 86.5. The summed E-state index contributed by atoms with van der Waals surface area (Å²) < 4.78 is 51.0. The number of aromatic amines is 1. The zero-order chi connectivity index (χ0) is 104. The molecule has 4 aromatic heterocycles. The highest BCUT2D eigenvalue weighted by Crippen LogP contribution is 2.25. The number of ether oxygens (including phenoxy) is 3. The van der Waals surface area contributed by atoms with E-state index in [2.05, 4.69) is 63.4 Å². The number of pyridine rings is 4. The van der Waals surface area contributed by atoms with Crippen LogP contribution in [0.25, 0.3) is 45.0 Å². The van der Waals surface area contributed by atoms with E-state index in [-0.39, 0.29) is 66.7 Å². The van der Waals surface area contributed by atoms with Crippen LogP contribution in [0.3, 0.4) is 0 Å². The fourth-order valence-corrected chi connectivity index (χ4v) is 13.5. The third kappa shape index (κ3) is 40.9. The van der Waals surface area contributed by atoms with E-state index in [4.69, 9.17) is 42.9 Å². The van der Waals surface area contributed by atoms with Crippen LogP contribution in [0.2, 0.25) is 0 Å². The minimum atomic E-state index is -4.64. The van der Waals surface area contributed by atoms with Gasteiger partial charge in [-0.25, -0.2) is 19.2 Å². The number of methoxy groups -OCH3 is 1. The Bertz CT molecular complexity index is 6410. The van der Waals surface area contributed by atoms with Crippen LogP contribution in [0.5, 0.6) is 0 Å². The Labute approximate surface area is 829 Å². The second-order valence-electron chi connectivity index (χ2n) is 33.5. The van der Waals surface area contributed by atoms with E-state index in [9.17, 15) is 76.1 Å². The molecule has 35 heteroatoms. The van der Waals surface area contributed by atoms with Crippen LogP contribution in [-0.2, 0) is 58.4 Å². The number of amidine groups is 2. The van der Waals surface area contributed by atoms with Crippen molar-refractivity contribution in [2.45, 2.75) is 154 Å². The second-order valence-corrected chi connectivity index (χ2v) is 34.1. The van der Waals surface area contributed by atoms with E-state index >= 15 is 0 Å². The molecule has 0 aliphatic heterocycles. The number of carboxylic acids is 2. The molecule has 748 valence electrons. The Morgan fingerprint density at radius 1 is 0.430 bits per heavy atom. The van der Waals surface area contributed by atoms with Crippen molar-refractivity contribution in [1.82, 2.24) is 29.3 Å². The van der Waals surface area contributed by atoms with Gasteiger partial charge in [0.15, 0.2) is 5.96 Å². The van der Waals surface area contributed by atoms with Gasteiger partial charge in [-0.15, -0.1) is 0 Å². The smallest absolute Gasteiger partial charge is 0.446 e. The zero-order valence-electron chi connectivity index (χ0n) is 80.3. The van der Waals surface area contributed by atoms with Crippen molar-refractivity contribution in [2.75, 3.05) is 26.7 Å². The van der Waals surface area contributed by atoms with Crippen molar-refractivity contribution in [3.8, 4) is 45.0 Å². The molecule has 0 unspecified atom stereocenters. The molecule has 0 spiro atoms. The molecule has 0 radical (unpaired) electrons. The number of alkyl halides is 4. The lowest BCUT2D eigenvalue weighted by atomic mass is 10.1. The van der Waals surface area contributed by atoms with Crippen LogP contribution in [0.4, 0.5) is 13.2 Å². The van der Waals surface area contributed by atoms with Crippen LogP contribution in [0.15, 0.2) is 325 Å². The first-order valence-corrected chi connectivity index (χ1v) is 46.0. The number of nitrogens with two attached hydrogens (primary N) is 5. The van der Waals surface area contributed by atoms with E-state index in [1.165, 1.54) is 46.1 Å². The molecule has 0 saturated heterocycles. The number of rotatable bonds is 32. The Balaban J connectivity index is 0.000000270. The number of esters is 3. The fraction of sp³-hybridized carbons (Fsp3) is 0.262. The first kappa shape index (κ1) is 115. The normalized spacial score (nSPS) is 11.6. The van der Waals surface area contributed by atoms with Crippen molar-refractivity contribution in [3.63, 3.8) is 0 Å². The number of carbonyl (C=O) groups is 8.